The molecule has 0 spiro atoms. The van der Waals surface area contributed by atoms with Crippen LogP contribution >= 0.6 is 23.2 Å². The van der Waals surface area contributed by atoms with Crippen molar-refractivity contribution in [1.29, 1.82) is 0 Å². The number of aromatic nitrogens is 1. The molecule has 1 amide bonds. The zero-order valence-corrected chi connectivity index (χ0v) is 13.5. The molecule has 2 aromatic rings. The lowest BCUT2D eigenvalue weighted by Gasteiger charge is -2.22. The molecule has 1 N–H and O–H groups in total. The lowest BCUT2D eigenvalue weighted by molar-refractivity contribution is 0.0918. The van der Waals surface area contributed by atoms with E-state index in [2.05, 4.69) is 10.5 Å². The van der Waals surface area contributed by atoms with Crippen LogP contribution in [0.2, 0.25) is 10.0 Å². The zero-order valence-electron chi connectivity index (χ0n) is 11.9. The Labute approximate surface area is 138 Å². The monoisotopic (exact) mass is 338 g/mol. The van der Waals surface area contributed by atoms with Crippen LogP contribution in [0.3, 0.4) is 0 Å². The van der Waals surface area contributed by atoms with Crippen LogP contribution in [0.5, 0.6) is 0 Å². The van der Waals surface area contributed by atoms with Gasteiger partial charge in [0.25, 0.3) is 5.91 Å². The van der Waals surface area contributed by atoms with Crippen molar-refractivity contribution in [1.82, 2.24) is 10.5 Å². The highest BCUT2D eigenvalue weighted by atomic mass is 35.5. The predicted octanol–water partition coefficient (Wildman–Crippen LogP) is 4.71. The average molecular weight is 339 g/mol. The number of hydrogen-bond acceptors (Lipinski definition) is 3. The van der Waals surface area contributed by atoms with E-state index in [0.29, 0.717) is 15.8 Å². The topological polar surface area (TPSA) is 55.1 Å². The molecule has 4 nitrogen and oxygen atoms in total. The summed E-state index contributed by atoms with van der Waals surface area (Å²) in [5.41, 5.74) is 1.02. The van der Waals surface area contributed by atoms with Gasteiger partial charge in [-0.05, 0) is 31.0 Å². The first-order valence-electron chi connectivity index (χ1n) is 7.36. The summed E-state index contributed by atoms with van der Waals surface area (Å²) in [6, 6.07) is 7.01. The zero-order chi connectivity index (χ0) is 15.5. The molecule has 1 aliphatic rings. The molecule has 1 saturated carbocycles. The Morgan fingerprint density at radius 1 is 1.14 bits per heavy atom. The molecule has 1 aromatic carbocycles. The summed E-state index contributed by atoms with van der Waals surface area (Å²) in [6.07, 6.45) is 5.64. The van der Waals surface area contributed by atoms with Gasteiger partial charge in [0, 0.05) is 17.7 Å². The number of carbonyl (C=O) groups excluding carboxylic acids is 1. The van der Waals surface area contributed by atoms with Crippen molar-refractivity contribution < 1.29 is 9.32 Å². The minimum absolute atomic E-state index is 0.193. The lowest BCUT2D eigenvalue weighted by atomic mass is 9.95. The fraction of sp³-hybridized carbons (Fsp3) is 0.375. The predicted molar refractivity (Wildman–Crippen MR) is 86.3 cm³/mol. The van der Waals surface area contributed by atoms with Gasteiger partial charge in [0.1, 0.15) is 0 Å². The van der Waals surface area contributed by atoms with Crippen LogP contribution < -0.4 is 5.32 Å². The van der Waals surface area contributed by atoms with Gasteiger partial charge in [-0.15, -0.1) is 0 Å². The molecule has 0 radical (unpaired) electrons. The quantitative estimate of drug-likeness (QED) is 0.881. The summed E-state index contributed by atoms with van der Waals surface area (Å²) in [6.45, 7) is 0. The summed E-state index contributed by atoms with van der Waals surface area (Å²) in [5.74, 6) is 0.300. The lowest BCUT2D eigenvalue weighted by Crippen LogP contribution is -2.36. The van der Waals surface area contributed by atoms with Gasteiger partial charge >= 0.3 is 0 Å². The fourth-order valence-corrected chi connectivity index (χ4v) is 2.97. The molecule has 1 heterocycles. The molecule has 0 bridgehead atoms. The van der Waals surface area contributed by atoms with Crippen LogP contribution in [0.4, 0.5) is 0 Å². The summed E-state index contributed by atoms with van der Waals surface area (Å²) >= 11 is 11.9. The van der Waals surface area contributed by atoms with Gasteiger partial charge in [0.15, 0.2) is 11.5 Å². The number of amides is 1. The van der Waals surface area contributed by atoms with Crippen LogP contribution in [0.15, 0.2) is 28.8 Å². The van der Waals surface area contributed by atoms with Crippen LogP contribution in [0.1, 0.15) is 42.6 Å². The van der Waals surface area contributed by atoms with E-state index in [-0.39, 0.29) is 17.6 Å². The molecule has 22 heavy (non-hydrogen) atoms. The summed E-state index contributed by atoms with van der Waals surface area (Å²) < 4.78 is 5.24. The van der Waals surface area contributed by atoms with Gasteiger partial charge in [-0.1, -0.05) is 47.6 Å². The van der Waals surface area contributed by atoms with Gasteiger partial charge in [-0.3, -0.25) is 4.79 Å². The third kappa shape index (κ3) is 3.45. The molecular formula is C16H16Cl2N2O2. The van der Waals surface area contributed by atoms with Gasteiger partial charge in [0.2, 0.25) is 0 Å². The Balaban J connectivity index is 1.72. The van der Waals surface area contributed by atoms with Gasteiger partial charge in [-0.25, -0.2) is 0 Å². The van der Waals surface area contributed by atoms with Gasteiger partial charge < -0.3 is 9.84 Å². The molecule has 0 aliphatic heterocycles. The number of nitrogens with zero attached hydrogens (tertiary/aromatic N) is 1. The van der Waals surface area contributed by atoms with Crippen LogP contribution in [0, 0.1) is 0 Å². The second kappa shape index (κ2) is 6.71. The minimum atomic E-state index is -0.193. The number of hydrogen-bond donors (Lipinski definition) is 1. The van der Waals surface area contributed by atoms with Crippen molar-refractivity contribution in [2.75, 3.05) is 0 Å². The maximum Gasteiger partial charge on any atom is 0.273 e. The molecule has 0 saturated heterocycles. The van der Waals surface area contributed by atoms with Crippen LogP contribution in [0.25, 0.3) is 11.3 Å². The Kier molecular flexibility index (Phi) is 4.69. The SMILES string of the molecule is O=C(NC1CCCCC1)c1cc(-c2ccc(Cl)c(Cl)c2)on1. The van der Waals surface area contributed by atoms with Crippen molar-refractivity contribution in [3.05, 3.63) is 40.0 Å². The largest absolute Gasteiger partial charge is 0.355 e. The first-order valence-corrected chi connectivity index (χ1v) is 8.12. The van der Waals surface area contributed by atoms with E-state index >= 15 is 0 Å². The van der Waals surface area contributed by atoms with E-state index in [0.717, 1.165) is 31.2 Å². The number of halogens is 2. The number of benzene rings is 1. The van der Waals surface area contributed by atoms with E-state index in [1.807, 2.05) is 0 Å². The number of rotatable bonds is 3. The van der Waals surface area contributed by atoms with Crippen LogP contribution in [-0.4, -0.2) is 17.1 Å². The van der Waals surface area contributed by atoms with E-state index in [9.17, 15) is 4.79 Å². The average Bonchev–Trinajstić information content (AvgIpc) is 3.01. The molecule has 0 atom stereocenters. The second-order valence-corrected chi connectivity index (χ2v) is 6.33. The second-order valence-electron chi connectivity index (χ2n) is 5.51. The van der Waals surface area contributed by atoms with Crippen molar-refractivity contribution in [2.24, 2.45) is 0 Å². The summed E-state index contributed by atoms with van der Waals surface area (Å²) in [4.78, 5) is 12.2. The van der Waals surface area contributed by atoms with E-state index < -0.39 is 0 Å². The Morgan fingerprint density at radius 3 is 2.64 bits per heavy atom. The molecule has 1 aliphatic carbocycles. The molecule has 1 fully saturated rings. The first kappa shape index (κ1) is 15.4. The smallest absolute Gasteiger partial charge is 0.273 e. The third-order valence-corrected chi connectivity index (χ3v) is 4.63. The normalized spacial score (nSPS) is 15.7. The fourth-order valence-electron chi connectivity index (χ4n) is 2.67. The Morgan fingerprint density at radius 2 is 1.91 bits per heavy atom. The molecular weight excluding hydrogens is 323 g/mol. The highest BCUT2D eigenvalue weighted by Crippen LogP contribution is 2.29. The number of carbonyl (C=O) groups is 1. The highest BCUT2D eigenvalue weighted by Gasteiger charge is 2.19. The molecule has 1 aromatic heterocycles. The highest BCUT2D eigenvalue weighted by molar-refractivity contribution is 6.42. The van der Waals surface area contributed by atoms with Crippen molar-refractivity contribution in [3.8, 4) is 11.3 Å². The van der Waals surface area contributed by atoms with Crippen molar-refractivity contribution in [3.63, 3.8) is 0 Å². The number of nitrogens with one attached hydrogen (secondary N) is 1. The Bertz CT molecular complexity index is 679. The minimum Gasteiger partial charge on any atom is -0.355 e. The molecule has 6 heteroatoms. The maximum absolute atomic E-state index is 12.2. The molecule has 0 unspecified atom stereocenters. The molecule has 116 valence electrons. The maximum atomic E-state index is 12.2. The van der Waals surface area contributed by atoms with Crippen LogP contribution in [-0.2, 0) is 0 Å². The summed E-state index contributed by atoms with van der Waals surface area (Å²) in [5, 5.41) is 7.77. The van der Waals surface area contributed by atoms with Gasteiger partial charge in [0.05, 0.1) is 10.0 Å². The van der Waals surface area contributed by atoms with Gasteiger partial charge in [-0.2, -0.15) is 0 Å². The summed E-state index contributed by atoms with van der Waals surface area (Å²) in [7, 11) is 0. The van der Waals surface area contributed by atoms with E-state index in [1.165, 1.54) is 6.42 Å². The van der Waals surface area contributed by atoms with Crippen molar-refractivity contribution >= 4 is 29.1 Å². The van der Waals surface area contributed by atoms with Crippen molar-refractivity contribution in [2.45, 2.75) is 38.1 Å². The standard InChI is InChI=1S/C16H16Cl2N2O2/c17-12-7-6-10(8-13(12)18)15-9-14(20-22-15)16(21)19-11-4-2-1-3-5-11/h6-9,11H,1-5H2,(H,19,21). The van der Waals surface area contributed by atoms with E-state index in [4.69, 9.17) is 27.7 Å². The Hall–Kier alpha value is -1.52. The third-order valence-electron chi connectivity index (χ3n) is 3.89. The molecule has 3 rings (SSSR count). The van der Waals surface area contributed by atoms with E-state index in [1.54, 1.807) is 24.3 Å². The first-order chi connectivity index (χ1) is 10.6.